The quantitative estimate of drug-likeness (QED) is 0.500. The summed E-state index contributed by atoms with van der Waals surface area (Å²) in [7, 11) is 0. The van der Waals surface area contributed by atoms with Crippen LogP contribution in [0.4, 0.5) is 4.39 Å². The first-order valence-electron chi connectivity index (χ1n) is 8.49. The number of nitrogens with zero attached hydrogens (tertiary/aromatic N) is 4. The smallest absolute Gasteiger partial charge is 0.233 e. The maximum atomic E-state index is 13.4. The van der Waals surface area contributed by atoms with Crippen LogP contribution in [0.15, 0.2) is 59.8 Å². The van der Waals surface area contributed by atoms with E-state index in [1.54, 1.807) is 17.0 Å². The second-order valence-electron chi connectivity index (χ2n) is 5.87. The van der Waals surface area contributed by atoms with Crippen molar-refractivity contribution in [2.24, 2.45) is 0 Å². The average molecular weight is 385 g/mol. The molecule has 0 saturated carbocycles. The van der Waals surface area contributed by atoms with Crippen molar-refractivity contribution in [3.63, 3.8) is 0 Å². The van der Waals surface area contributed by atoms with Crippen LogP contribution in [0.3, 0.4) is 0 Å². The molecule has 0 aliphatic rings. The van der Waals surface area contributed by atoms with Crippen molar-refractivity contribution >= 4 is 17.7 Å². The monoisotopic (exact) mass is 385 g/mol. The molecular weight excluding hydrogens is 365 g/mol. The highest BCUT2D eigenvalue weighted by Gasteiger charge is 2.17. The molecule has 0 bridgehead atoms. The second kappa shape index (κ2) is 8.68. The van der Waals surface area contributed by atoms with Gasteiger partial charge in [0.25, 0.3) is 0 Å². The number of rotatable bonds is 7. The molecule has 0 atom stereocenters. The van der Waals surface area contributed by atoms with E-state index in [1.807, 2.05) is 37.3 Å². The first-order valence-corrected chi connectivity index (χ1v) is 9.48. The summed E-state index contributed by atoms with van der Waals surface area (Å²) in [5.74, 6) is 6.18. The van der Waals surface area contributed by atoms with Gasteiger partial charge in [-0.25, -0.2) is 9.07 Å². The molecule has 1 aromatic heterocycles. The van der Waals surface area contributed by atoms with Gasteiger partial charge in [-0.15, -0.1) is 10.2 Å². The Morgan fingerprint density at radius 2 is 1.96 bits per heavy atom. The Balaban J connectivity index is 1.65. The van der Waals surface area contributed by atoms with Crippen LogP contribution < -0.4 is 5.84 Å². The van der Waals surface area contributed by atoms with E-state index in [1.165, 1.54) is 28.6 Å². The number of nitrogens with two attached hydrogens (primary N) is 1. The van der Waals surface area contributed by atoms with Crippen molar-refractivity contribution in [3.05, 3.63) is 66.0 Å². The zero-order valence-corrected chi connectivity index (χ0v) is 15.7. The number of hydrogen-bond donors (Lipinski definition) is 1. The van der Waals surface area contributed by atoms with Gasteiger partial charge >= 0.3 is 0 Å². The molecule has 0 aliphatic heterocycles. The topological polar surface area (TPSA) is 77.0 Å². The summed E-state index contributed by atoms with van der Waals surface area (Å²) in [5, 5.41) is 8.44. The highest BCUT2D eigenvalue weighted by molar-refractivity contribution is 7.99. The highest BCUT2D eigenvalue weighted by Crippen LogP contribution is 2.22. The predicted molar refractivity (Wildman–Crippen MR) is 104 cm³/mol. The lowest BCUT2D eigenvalue weighted by Crippen LogP contribution is -2.31. The SMILES string of the molecule is CCN(Cc1ccccc1)C(=O)CSc1nnc(-c2cccc(F)c2)n1N. The molecule has 0 fully saturated rings. The third-order valence-electron chi connectivity index (χ3n) is 4.02. The number of nitrogen functional groups attached to an aromatic ring is 1. The van der Waals surface area contributed by atoms with E-state index in [0.717, 1.165) is 5.56 Å². The molecule has 140 valence electrons. The van der Waals surface area contributed by atoms with E-state index in [4.69, 9.17) is 5.84 Å². The minimum atomic E-state index is -0.376. The largest absolute Gasteiger partial charge is 0.338 e. The number of carbonyl (C=O) groups excluding carboxylic acids is 1. The molecule has 6 nitrogen and oxygen atoms in total. The van der Waals surface area contributed by atoms with Gasteiger partial charge < -0.3 is 10.7 Å². The van der Waals surface area contributed by atoms with Crippen molar-refractivity contribution in [3.8, 4) is 11.4 Å². The standard InChI is InChI=1S/C19H20FN5OS/c1-2-24(12-14-7-4-3-5-8-14)17(26)13-27-19-23-22-18(25(19)21)15-9-6-10-16(20)11-15/h3-11H,2,12-13,21H2,1H3. The van der Waals surface area contributed by atoms with Crippen LogP contribution in [0.25, 0.3) is 11.4 Å². The number of carbonyl (C=O) groups is 1. The summed E-state index contributed by atoms with van der Waals surface area (Å²) in [6, 6.07) is 15.8. The fraction of sp³-hybridized carbons (Fsp3) is 0.211. The van der Waals surface area contributed by atoms with Gasteiger partial charge in [0, 0.05) is 18.7 Å². The van der Waals surface area contributed by atoms with Crippen molar-refractivity contribution in [2.75, 3.05) is 18.1 Å². The van der Waals surface area contributed by atoms with Gasteiger partial charge in [-0.1, -0.05) is 54.2 Å². The van der Waals surface area contributed by atoms with Crippen molar-refractivity contribution < 1.29 is 9.18 Å². The minimum Gasteiger partial charge on any atom is -0.338 e. The summed E-state index contributed by atoms with van der Waals surface area (Å²) in [4.78, 5) is 14.3. The van der Waals surface area contributed by atoms with Crippen LogP contribution in [-0.4, -0.2) is 38.0 Å². The molecule has 27 heavy (non-hydrogen) atoms. The highest BCUT2D eigenvalue weighted by atomic mass is 32.2. The lowest BCUT2D eigenvalue weighted by molar-refractivity contribution is -0.128. The molecular formula is C19H20FN5OS. The average Bonchev–Trinajstić information content (AvgIpc) is 3.05. The van der Waals surface area contributed by atoms with Gasteiger partial charge in [-0.05, 0) is 24.6 Å². The molecule has 0 unspecified atom stereocenters. The summed E-state index contributed by atoms with van der Waals surface area (Å²) >= 11 is 1.21. The molecule has 1 heterocycles. The minimum absolute atomic E-state index is 0.0124. The Kier molecular flexibility index (Phi) is 6.08. The lowest BCUT2D eigenvalue weighted by Gasteiger charge is -2.20. The molecule has 1 amide bonds. The molecule has 0 aliphatic carbocycles. The Labute approximate surface area is 161 Å². The first kappa shape index (κ1) is 18.9. The van der Waals surface area contributed by atoms with Gasteiger partial charge in [0.1, 0.15) is 5.82 Å². The Hall–Kier alpha value is -2.87. The van der Waals surface area contributed by atoms with Gasteiger partial charge in [0.05, 0.1) is 5.75 Å². The molecule has 3 rings (SSSR count). The molecule has 0 radical (unpaired) electrons. The number of benzene rings is 2. The maximum absolute atomic E-state index is 13.4. The zero-order chi connectivity index (χ0) is 19.2. The fourth-order valence-corrected chi connectivity index (χ4v) is 3.36. The third-order valence-corrected chi connectivity index (χ3v) is 4.95. The number of halogens is 1. The van der Waals surface area contributed by atoms with Crippen LogP contribution in [-0.2, 0) is 11.3 Å². The fourth-order valence-electron chi connectivity index (χ4n) is 2.60. The predicted octanol–water partition coefficient (Wildman–Crippen LogP) is 2.94. The van der Waals surface area contributed by atoms with Crippen LogP contribution in [0.2, 0.25) is 0 Å². The first-order chi connectivity index (χ1) is 13.1. The van der Waals surface area contributed by atoms with Crippen LogP contribution >= 0.6 is 11.8 Å². The summed E-state index contributed by atoms with van der Waals surface area (Å²) in [6.45, 7) is 3.11. The summed E-state index contributed by atoms with van der Waals surface area (Å²) < 4.78 is 14.7. The maximum Gasteiger partial charge on any atom is 0.233 e. The molecule has 2 N–H and O–H groups in total. The lowest BCUT2D eigenvalue weighted by atomic mass is 10.2. The van der Waals surface area contributed by atoms with E-state index in [-0.39, 0.29) is 17.5 Å². The summed E-state index contributed by atoms with van der Waals surface area (Å²) in [6.07, 6.45) is 0. The van der Waals surface area contributed by atoms with Gasteiger partial charge in [-0.2, -0.15) is 0 Å². The molecule has 0 spiro atoms. The van der Waals surface area contributed by atoms with E-state index < -0.39 is 0 Å². The zero-order valence-electron chi connectivity index (χ0n) is 14.9. The molecule has 8 heteroatoms. The van der Waals surface area contributed by atoms with Crippen molar-refractivity contribution in [1.29, 1.82) is 0 Å². The van der Waals surface area contributed by atoms with Crippen LogP contribution in [0.5, 0.6) is 0 Å². The van der Waals surface area contributed by atoms with E-state index in [2.05, 4.69) is 10.2 Å². The van der Waals surface area contributed by atoms with E-state index in [0.29, 0.717) is 29.6 Å². The van der Waals surface area contributed by atoms with Crippen molar-refractivity contribution in [1.82, 2.24) is 19.8 Å². The number of amides is 1. The van der Waals surface area contributed by atoms with E-state index >= 15 is 0 Å². The Morgan fingerprint density at radius 1 is 1.19 bits per heavy atom. The van der Waals surface area contributed by atoms with Crippen LogP contribution in [0, 0.1) is 5.82 Å². The number of thioether (sulfide) groups is 1. The molecule has 3 aromatic rings. The second-order valence-corrected chi connectivity index (χ2v) is 6.81. The molecule has 2 aromatic carbocycles. The van der Waals surface area contributed by atoms with E-state index in [9.17, 15) is 9.18 Å². The van der Waals surface area contributed by atoms with Crippen molar-refractivity contribution in [2.45, 2.75) is 18.6 Å². The number of aromatic nitrogens is 3. The van der Waals surface area contributed by atoms with Gasteiger partial charge in [0.2, 0.25) is 11.1 Å². The Bertz CT molecular complexity index is 915. The third kappa shape index (κ3) is 4.65. The van der Waals surface area contributed by atoms with Gasteiger partial charge in [0.15, 0.2) is 5.82 Å². The summed E-state index contributed by atoms with van der Waals surface area (Å²) in [5.41, 5.74) is 1.61. The molecule has 0 saturated heterocycles. The van der Waals surface area contributed by atoms with Gasteiger partial charge in [-0.3, -0.25) is 4.79 Å². The number of hydrogen-bond acceptors (Lipinski definition) is 5. The van der Waals surface area contributed by atoms with Crippen LogP contribution in [0.1, 0.15) is 12.5 Å². The Morgan fingerprint density at radius 3 is 2.67 bits per heavy atom. The normalized spacial score (nSPS) is 10.7.